The van der Waals surface area contributed by atoms with Crippen LogP contribution in [-0.2, 0) is 42.6 Å². The van der Waals surface area contributed by atoms with Crippen LogP contribution in [0.2, 0.25) is 0 Å². The zero-order valence-electron chi connectivity index (χ0n) is 35.2. The van der Waals surface area contributed by atoms with E-state index in [1.807, 2.05) is 19.9 Å². The molecule has 4 aliphatic carbocycles. The van der Waals surface area contributed by atoms with Crippen LogP contribution in [0.5, 0.6) is 0 Å². The van der Waals surface area contributed by atoms with Gasteiger partial charge in [0.25, 0.3) is 0 Å². The van der Waals surface area contributed by atoms with Gasteiger partial charge in [0.1, 0.15) is 35.1 Å². The van der Waals surface area contributed by atoms with Gasteiger partial charge in [0.15, 0.2) is 18.9 Å². The number of ether oxygens (including phenoxy) is 9. The fraction of sp³-hybridized carbons (Fsp3) is 0.952. The summed E-state index contributed by atoms with van der Waals surface area (Å²) in [6, 6.07) is 0. The molecule has 0 unspecified atom stereocenters. The number of methoxy groups -OCH3 is 3. The van der Waals surface area contributed by atoms with Crippen LogP contribution >= 0.6 is 0 Å². The first-order valence-corrected chi connectivity index (χ1v) is 21.2. The van der Waals surface area contributed by atoms with E-state index in [1.165, 1.54) is 6.92 Å². The summed E-state index contributed by atoms with van der Waals surface area (Å²) >= 11 is 0. The molecule has 6 fully saturated rings. The lowest BCUT2D eigenvalue weighted by Gasteiger charge is -2.67. The number of aliphatic hydroxyl groups excluding tert-OH is 3. The van der Waals surface area contributed by atoms with E-state index in [1.54, 1.807) is 35.2 Å². The number of fused-ring (bicyclic) bond motifs is 5. The molecule has 7 aliphatic rings. The SMILES string of the molecule is CO[C@H]1C[C@@H](O[C@@H]2[C@@H](C)O[C@@H](O[C@H]3[C@@H](OC)C[C@H](O[C@H]4CC[C@@]5(C)C(=CC[C@]6(O)[C@@H]5C[C@@H](O)[C@@]5(C)[C@]6(O)CC[C@@]5(O)[C@H](C)O)C4)O[C@@H]3C)C[C@H]2OC)O[C@H](C)[C@H]1O. The minimum absolute atomic E-state index is 0.0771. The summed E-state index contributed by atoms with van der Waals surface area (Å²) in [5, 5.41) is 69.3. The number of hydrogen-bond acceptors (Lipinski definition) is 15. The minimum Gasteiger partial charge on any atom is -0.392 e. The van der Waals surface area contributed by atoms with Gasteiger partial charge in [-0.25, -0.2) is 0 Å². The normalized spacial score (nSPS) is 54.6. The molecule has 0 aromatic heterocycles. The van der Waals surface area contributed by atoms with E-state index < -0.39 is 101 Å². The van der Waals surface area contributed by atoms with Crippen LogP contribution in [0, 0.1) is 16.7 Å². The summed E-state index contributed by atoms with van der Waals surface area (Å²) in [6.45, 7) is 10.9. The molecule has 0 aromatic carbocycles. The zero-order chi connectivity index (χ0) is 41.5. The fourth-order valence-electron chi connectivity index (χ4n) is 12.4. The van der Waals surface area contributed by atoms with Gasteiger partial charge in [-0.15, -0.1) is 0 Å². The molecule has 15 nitrogen and oxygen atoms in total. The highest BCUT2D eigenvalue weighted by Gasteiger charge is 2.80. The summed E-state index contributed by atoms with van der Waals surface area (Å²) in [5.41, 5.74) is -6.02. The van der Waals surface area contributed by atoms with E-state index in [4.69, 9.17) is 42.6 Å². The first-order chi connectivity index (χ1) is 26.8. The van der Waals surface area contributed by atoms with Gasteiger partial charge in [-0.05, 0) is 78.1 Å². The highest BCUT2D eigenvalue weighted by molar-refractivity contribution is 5.36. The molecule has 15 heteroatoms. The molecule has 3 aliphatic heterocycles. The topological polar surface area (TPSA) is 204 Å². The fourth-order valence-corrected chi connectivity index (χ4v) is 12.4. The summed E-state index contributed by atoms with van der Waals surface area (Å²) in [4.78, 5) is 0. The van der Waals surface area contributed by atoms with Gasteiger partial charge in [0.05, 0.1) is 60.4 Å². The second-order valence-corrected chi connectivity index (χ2v) is 18.8. The van der Waals surface area contributed by atoms with Gasteiger partial charge >= 0.3 is 0 Å². The van der Waals surface area contributed by atoms with Gasteiger partial charge < -0.3 is 73.3 Å². The van der Waals surface area contributed by atoms with Crippen molar-refractivity contribution in [1.29, 1.82) is 0 Å². The lowest BCUT2D eigenvalue weighted by molar-refractivity contribution is -0.339. The smallest absolute Gasteiger partial charge is 0.161 e. The van der Waals surface area contributed by atoms with Crippen molar-refractivity contribution in [3.05, 3.63) is 11.6 Å². The Kier molecular flexibility index (Phi) is 12.5. The van der Waals surface area contributed by atoms with Crippen molar-refractivity contribution in [2.24, 2.45) is 16.7 Å². The van der Waals surface area contributed by atoms with E-state index in [0.717, 1.165) is 5.57 Å². The maximum Gasteiger partial charge on any atom is 0.161 e. The van der Waals surface area contributed by atoms with Crippen molar-refractivity contribution in [2.75, 3.05) is 21.3 Å². The predicted molar refractivity (Wildman–Crippen MR) is 203 cm³/mol. The lowest BCUT2D eigenvalue weighted by atomic mass is 9.42. The summed E-state index contributed by atoms with van der Waals surface area (Å²) in [6.07, 6.45) is -2.41. The van der Waals surface area contributed by atoms with Crippen molar-refractivity contribution in [3.63, 3.8) is 0 Å². The minimum atomic E-state index is -1.80. The molecule has 3 heterocycles. The second-order valence-electron chi connectivity index (χ2n) is 18.8. The first kappa shape index (κ1) is 44.2. The summed E-state index contributed by atoms with van der Waals surface area (Å²) < 4.78 is 55.6. The molecule has 3 saturated heterocycles. The van der Waals surface area contributed by atoms with Gasteiger partial charge in [-0.1, -0.05) is 25.5 Å². The van der Waals surface area contributed by atoms with Crippen LogP contribution in [0.4, 0.5) is 0 Å². The largest absolute Gasteiger partial charge is 0.392 e. The Hall–Kier alpha value is -0.860. The van der Waals surface area contributed by atoms with Crippen LogP contribution in [0.1, 0.15) is 106 Å². The van der Waals surface area contributed by atoms with Crippen LogP contribution in [0.25, 0.3) is 0 Å². The molecule has 57 heavy (non-hydrogen) atoms. The van der Waals surface area contributed by atoms with Gasteiger partial charge in [-0.3, -0.25) is 0 Å². The Morgan fingerprint density at radius 1 is 0.719 bits per heavy atom. The molecular weight excluding hydrogens is 744 g/mol. The predicted octanol–water partition coefficient (Wildman–Crippen LogP) is 2.23. The molecular formula is C42H70O15. The average Bonchev–Trinajstić information content (AvgIpc) is 3.40. The molecule has 21 atom stereocenters. The average molecular weight is 815 g/mol. The molecule has 0 aromatic rings. The van der Waals surface area contributed by atoms with Gasteiger partial charge in [-0.2, -0.15) is 0 Å². The third-order valence-corrected chi connectivity index (χ3v) is 16.1. The Morgan fingerprint density at radius 2 is 1.25 bits per heavy atom. The Morgan fingerprint density at radius 3 is 1.79 bits per heavy atom. The Bertz CT molecular complexity index is 1450. The monoisotopic (exact) mass is 814 g/mol. The highest BCUT2D eigenvalue weighted by Crippen LogP contribution is 2.70. The van der Waals surface area contributed by atoms with E-state index in [-0.39, 0.29) is 50.1 Å². The zero-order valence-corrected chi connectivity index (χ0v) is 35.2. The number of hydrogen-bond donors (Lipinski definition) is 6. The molecule has 0 amide bonds. The molecule has 0 spiro atoms. The number of rotatable bonds is 10. The highest BCUT2D eigenvalue weighted by atomic mass is 16.7. The van der Waals surface area contributed by atoms with Crippen LogP contribution in [0.15, 0.2) is 11.6 Å². The molecule has 328 valence electrons. The van der Waals surface area contributed by atoms with Crippen LogP contribution in [-0.4, -0.2) is 161 Å². The standard InChI is InChI=1S/C42H70O15/c1-21-35(45)27(49-7)17-33(52-21)56-37-23(3)54-34(19-29(37)51-9)57-36-22(2)53-32(18-28(36)50-8)55-26-11-12-38(5)25(16-26)10-13-41(47)30(38)20-31(44)39(6)40(46,24(4)43)14-15-42(39,41)48/h10,21-24,26-37,43-48H,11-20H2,1-9H3/t21-,22-,23-,24+,26+,27+,28+,29-,30-,31-,32+,33-,34+,35-,36-,37-,38+,39-,40-,41+,42-/m1/s1. The van der Waals surface area contributed by atoms with Crippen LogP contribution in [0.3, 0.4) is 0 Å². The van der Waals surface area contributed by atoms with Crippen molar-refractivity contribution in [2.45, 2.75) is 215 Å². The molecule has 3 saturated carbocycles. The van der Waals surface area contributed by atoms with Crippen LogP contribution < -0.4 is 0 Å². The maximum absolute atomic E-state index is 12.5. The Balaban J connectivity index is 0.965. The summed E-state index contributed by atoms with van der Waals surface area (Å²) in [5.74, 6) is -0.456. The summed E-state index contributed by atoms with van der Waals surface area (Å²) in [7, 11) is 4.86. The van der Waals surface area contributed by atoms with E-state index >= 15 is 0 Å². The van der Waals surface area contributed by atoms with E-state index in [2.05, 4.69) is 6.92 Å². The van der Waals surface area contributed by atoms with Gasteiger partial charge in [0, 0.05) is 46.5 Å². The van der Waals surface area contributed by atoms with Crippen molar-refractivity contribution in [3.8, 4) is 0 Å². The third-order valence-electron chi connectivity index (χ3n) is 16.1. The van der Waals surface area contributed by atoms with Crippen molar-refractivity contribution in [1.82, 2.24) is 0 Å². The maximum atomic E-state index is 12.5. The lowest BCUT2D eigenvalue weighted by Crippen LogP contribution is -2.78. The van der Waals surface area contributed by atoms with E-state index in [9.17, 15) is 30.6 Å². The van der Waals surface area contributed by atoms with Crippen molar-refractivity contribution >= 4 is 0 Å². The molecule has 0 radical (unpaired) electrons. The second kappa shape index (κ2) is 16.1. The first-order valence-electron chi connectivity index (χ1n) is 21.2. The third kappa shape index (κ3) is 7.00. The number of aliphatic hydroxyl groups is 6. The molecule has 7 rings (SSSR count). The quantitative estimate of drug-likeness (QED) is 0.175. The van der Waals surface area contributed by atoms with Crippen molar-refractivity contribution < 1.29 is 73.3 Å². The van der Waals surface area contributed by atoms with E-state index in [0.29, 0.717) is 38.5 Å². The molecule has 0 bridgehead atoms. The molecule has 6 N–H and O–H groups in total. The van der Waals surface area contributed by atoms with Gasteiger partial charge in [0.2, 0.25) is 0 Å². The Labute approximate surface area is 337 Å².